The Morgan fingerprint density at radius 3 is 2.18 bits per heavy atom. The van der Waals surface area contributed by atoms with Crippen molar-refractivity contribution >= 4 is 12.6 Å². The highest BCUT2D eigenvalue weighted by Gasteiger charge is 2.21. The van der Waals surface area contributed by atoms with E-state index < -0.39 is 7.12 Å². The SMILES string of the molecule is CC(C)Oc1ncc(B(O)O)c(OC(C)C)n1. The summed E-state index contributed by atoms with van der Waals surface area (Å²) in [6.07, 6.45) is 1.09. The first-order valence-corrected chi connectivity index (χ1v) is 5.46. The Labute approximate surface area is 101 Å². The van der Waals surface area contributed by atoms with E-state index in [1.165, 1.54) is 6.20 Å². The highest BCUT2D eigenvalue weighted by molar-refractivity contribution is 6.59. The van der Waals surface area contributed by atoms with Crippen LogP contribution in [0.3, 0.4) is 0 Å². The Kier molecular flexibility index (Phi) is 4.71. The van der Waals surface area contributed by atoms with E-state index in [9.17, 15) is 0 Å². The van der Waals surface area contributed by atoms with Crippen LogP contribution >= 0.6 is 0 Å². The average molecular weight is 240 g/mol. The lowest BCUT2D eigenvalue weighted by atomic mass is 9.82. The van der Waals surface area contributed by atoms with Crippen molar-refractivity contribution in [1.29, 1.82) is 0 Å². The summed E-state index contributed by atoms with van der Waals surface area (Å²) in [5.74, 6) is 0.126. The molecule has 0 saturated carbocycles. The van der Waals surface area contributed by atoms with Gasteiger partial charge in [-0.3, -0.25) is 0 Å². The number of hydrogen-bond donors (Lipinski definition) is 2. The third-order valence-corrected chi connectivity index (χ3v) is 1.72. The Balaban J connectivity index is 3.01. The Morgan fingerprint density at radius 2 is 1.71 bits per heavy atom. The molecule has 0 radical (unpaired) electrons. The van der Waals surface area contributed by atoms with Gasteiger partial charge in [0.05, 0.1) is 17.7 Å². The number of ether oxygens (including phenoxy) is 2. The molecule has 0 aliphatic carbocycles. The molecule has 1 heterocycles. The van der Waals surface area contributed by atoms with E-state index in [-0.39, 0.29) is 29.6 Å². The van der Waals surface area contributed by atoms with Crippen LogP contribution in [0.2, 0.25) is 0 Å². The summed E-state index contributed by atoms with van der Waals surface area (Å²) in [6, 6.07) is 0.153. The van der Waals surface area contributed by atoms with E-state index in [4.69, 9.17) is 19.5 Å². The summed E-state index contributed by atoms with van der Waals surface area (Å²) in [5.41, 5.74) is 0.120. The van der Waals surface area contributed by atoms with Gasteiger partial charge < -0.3 is 19.5 Å². The lowest BCUT2D eigenvalue weighted by Crippen LogP contribution is -2.33. The number of aromatic nitrogens is 2. The summed E-state index contributed by atoms with van der Waals surface area (Å²) < 4.78 is 10.7. The summed E-state index contributed by atoms with van der Waals surface area (Å²) in [7, 11) is -1.67. The summed E-state index contributed by atoms with van der Waals surface area (Å²) in [5, 5.41) is 18.3. The van der Waals surface area contributed by atoms with Gasteiger partial charge in [-0.1, -0.05) is 0 Å². The fourth-order valence-corrected chi connectivity index (χ4v) is 1.12. The lowest BCUT2D eigenvalue weighted by Gasteiger charge is -2.14. The summed E-state index contributed by atoms with van der Waals surface area (Å²) in [4.78, 5) is 7.87. The van der Waals surface area contributed by atoms with Gasteiger partial charge in [-0.15, -0.1) is 0 Å². The van der Waals surface area contributed by atoms with Gasteiger partial charge in [0.1, 0.15) is 0 Å². The van der Waals surface area contributed by atoms with Crippen molar-refractivity contribution in [1.82, 2.24) is 9.97 Å². The Hall–Kier alpha value is -1.34. The minimum Gasteiger partial charge on any atom is -0.475 e. The van der Waals surface area contributed by atoms with Crippen LogP contribution in [0.4, 0.5) is 0 Å². The van der Waals surface area contributed by atoms with Gasteiger partial charge in [-0.25, -0.2) is 4.98 Å². The first-order valence-electron chi connectivity index (χ1n) is 5.46. The van der Waals surface area contributed by atoms with Crippen molar-refractivity contribution in [2.24, 2.45) is 0 Å². The molecule has 7 heteroatoms. The molecular weight excluding hydrogens is 223 g/mol. The van der Waals surface area contributed by atoms with Crippen LogP contribution in [0, 0.1) is 0 Å². The second-order valence-corrected chi connectivity index (χ2v) is 4.12. The second-order valence-electron chi connectivity index (χ2n) is 4.12. The minimum atomic E-state index is -1.67. The molecule has 0 amide bonds. The van der Waals surface area contributed by atoms with E-state index in [2.05, 4.69) is 9.97 Å². The van der Waals surface area contributed by atoms with Crippen LogP contribution in [-0.4, -0.2) is 39.3 Å². The predicted octanol–water partition coefficient (Wildman–Crippen LogP) is -0.269. The zero-order valence-corrected chi connectivity index (χ0v) is 10.4. The number of hydrogen-bond acceptors (Lipinski definition) is 6. The molecule has 0 aliphatic rings. The van der Waals surface area contributed by atoms with Gasteiger partial charge >= 0.3 is 13.1 Å². The Bertz CT molecular complexity index is 371. The van der Waals surface area contributed by atoms with Crippen molar-refractivity contribution < 1.29 is 19.5 Å². The fraction of sp³-hybridized carbons (Fsp3) is 0.600. The molecule has 1 aromatic heterocycles. The molecule has 0 saturated heterocycles. The molecule has 0 atom stereocenters. The molecule has 17 heavy (non-hydrogen) atoms. The second kappa shape index (κ2) is 5.83. The zero-order chi connectivity index (χ0) is 13.0. The molecule has 0 spiro atoms. The highest BCUT2D eigenvalue weighted by Crippen LogP contribution is 2.11. The fourth-order valence-electron chi connectivity index (χ4n) is 1.12. The van der Waals surface area contributed by atoms with Gasteiger partial charge in [-0.2, -0.15) is 4.98 Å². The molecule has 6 nitrogen and oxygen atoms in total. The van der Waals surface area contributed by atoms with Gasteiger partial charge in [0.2, 0.25) is 5.88 Å². The van der Waals surface area contributed by atoms with Gasteiger partial charge in [0.25, 0.3) is 0 Å². The molecule has 2 N–H and O–H groups in total. The van der Waals surface area contributed by atoms with Gasteiger partial charge in [-0.05, 0) is 27.7 Å². The largest absolute Gasteiger partial charge is 0.495 e. The van der Waals surface area contributed by atoms with Crippen molar-refractivity contribution in [2.75, 3.05) is 0 Å². The summed E-state index contributed by atoms with van der Waals surface area (Å²) >= 11 is 0. The smallest absolute Gasteiger partial charge is 0.475 e. The molecule has 0 bridgehead atoms. The molecule has 0 aliphatic heterocycles. The first kappa shape index (κ1) is 13.7. The van der Waals surface area contributed by atoms with Crippen LogP contribution in [0.1, 0.15) is 27.7 Å². The van der Waals surface area contributed by atoms with E-state index >= 15 is 0 Å². The van der Waals surface area contributed by atoms with Crippen LogP contribution < -0.4 is 14.9 Å². The van der Waals surface area contributed by atoms with Crippen LogP contribution in [0.5, 0.6) is 11.9 Å². The van der Waals surface area contributed by atoms with E-state index in [1.54, 1.807) is 0 Å². The Morgan fingerprint density at radius 1 is 1.12 bits per heavy atom. The van der Waals surface area contributed by atoms with Crippen LogP contribution in [0.25, 0.3) is 0 Å². The minimum absolute atomic E-state index is 0.0631. The number of rotatable bonds is 5. The number of nitrogens with zero attached hydrogens (tertiary/aromatic N) is 2. The predicted molar refractivity (Wildman–Crippen MR) is 63.4 cm³/mol. The monoisotopic (exact) mass is 240 g/mol. The normalized spacial score (nSPS) is 10.8. The van der Waals surface area contributed by atoms with E-state index in [0.717, 1.165) is 0 Å². The van der Waals surface area contributed by atoms with Crippen molar-refractivity contribution in [3.63, 3.8) is 0 Å². The quantitative estimate of drug-likeness (QED) is 0.689. The molecule has 0 fully saturated rings. The first-order chi connectivity index (χ1) is 7.90. The summed E-state index contributed by atoms with van der Waals surface area (Å²) in [6.45, 7) is 7.33. The van der Waals surface area contributed by atoms with Crippen molar-refractivity contribution in [2.45, 2.75) is 39.9 Å². The molecule has 1 rings (SSSR count). The maximum Gasteiger partial charge on any atom is 0.495 e. The van der Waals surface area contributed by atoms with E-state index in [0.29, 0.717) is 0 Å². The zero-order valence-electron chi connectivity index (χ0n) is 10.4. The molecule has 0 aromatic carbocycles. The topological polar surface area (TPSA) is 84.7 Å². The standard InChI is InChI=1S/C10H17BN2O4/c1-6(2)16-9-8(11(14)15)5-12-10(13-9)17-7(3)4/h5-7,14-15H,1-4H3. The highest BCUT2D eigenvalue weighted by atomic mass is 16.5. The maximum absolute atomic E-state index is 9.14. The molecule has 0 unspecified atom stereocenters. The maximum atomic E-state index is 9.14. The van der Waals surface area contributed by atoms with Crippen LogP contribution in [0.15, 0.2) is 6.20 Å². The van der Waals surface area contributed by atoms with Crippen molar-refractivity contribution in [3.05, 3.63) is 6.20 Å². The third-order valence-electron chi connectivity index (χ3n) is 1.72. The van der Waals surface area contributed by atoms with Gasteiger partial charge in [0, 0.05) is 6.20 Å². The van der Waals surface area contributed by atoms with Gasteiger partial charge in [0.15, 0.2) is 0 Å². The van der Waals surface area contributed by atoms with E-state index in [1.807, 2.05) is 27.7 Å². The van der Waals surface area contributed by atoms with Crippen molar-refractivity contribution in [3.8, 4) is 11.9 Å². The molecule has 94 valence electrons. The lowest BCUT2D eigenvalue weighted by molar-refractivity contribution is 0.204. The average Bonchev–Trinajstić information content (AvgIpc) is 2.15. The van der Waals surface area contributed by atoms with Crippen LogP contribution in [-0.2, 0) is 0 Å². The molecule has 1 aromatic rings. The molecular formula is C10H17BN2O4. The third kappa shape index (κ3) is 4.20.